The summed E-state index contributed by atoms with van der Waals surface area (Å²) in [5.41, 5.74) is 2.23. The van der Waals surface area contributed by atoms with Gasteiger partial charge in [0.2, 0.25) is 11.7 Å². The van der Waals surface area contributed by atoms with E-state index in [4.69, 9.17) is 10.1 Å². The maximum atomic E-state index is 9.97. The molecule has 8 nitrogen and oxygen atoms in total. The van der Waals surface area contributed by atoms with Crippen LogP contribution in [0.15, 0.2) is 54.1 Å². The summed E-state index contributed by atoms with van der Waals surface area (Å²) in [7, 11) is 0. The average Bonchev–Trinajstić information content (AvgIpc) is 3.25. The van der Waals surface area contributed by atoms with Crippen LogP contribution in [0.25, 0.3) is 11.2 Å². The van der Waals surface area contributed by atoms with E-state index in [2.05, 4.69) is 33.7 Å². The summed E-state index contributed by atoms with van der Waals surface area (Å²) in [6.07, 6.45) is 14.8. The van der Waals surface area contributed by atoms with E-state index in [1.807, 2.05) is 22.9 Å². The smallest absolute Gasteiger partial charge is 0.211 e. The van der Waals surface area contributed by atoms with Gasteiger partial charge in [0, 0.05) is 12.0 Å². The largest absolute Gasteiger partial charge is 0.410 e. The molecule has 2 heterocycles. The molecule has 1 N–H and O–H groups in total. The minimum atomic E-state index is -0.509. The van der Waals surface area contributed by atoms with Crippen LogP contribution in [0.5, 0.6) is 0 Å². The highest BCUT2D eigenvalue weighted by Gasteiger charge is 2.29. The van der Waals surface area contributed by atoms with Gasteiger partial charge < -0.3 is 14.5 Å². The quantitative estimate of drug-likeness (QED) is 0.653. The molecule has 0 aliphatic heterocycles. The van der Waals surface area contributed by atoms with Crippen molar-refractivity contribution in [3.05, 3.63) is 54.6 Å². The summed E-state index contributed by atoms with van der Waals surface area (Å²) in [5, 5.41) is 19.1. The number of nitriles is 1. The van der Waals surface area contributed by atoms with Crippen molar-refractivity contribution in [3.63, 3.8) is 0 Å². The fourth-order valence-corrected chi connectivity index (χ4v) is 3.51. The maximum absolute atomic E-state index is 9.97. The van der Waals surface area contributed by atoms with Crippen LogP contribution in [0, 0.1) is 17.4 Å². The molecule has 8 heteroatoms. The van der Waals surface area contributed by atoms with Crippen molar-refractivity contribution in [2.75, 3.05) is 6.61 Å². The molecule has 0 amide bonds. The lowest BCUT2D eigenvalue weighted by molar-refractivity contribution is 0.0811. The first-order valence-electron chi connectivity index (χ1n) is 8.86. The molecule has 0 spiro atoms. The van der Waals surface area contributed by atoms with Crippen molar-refractivity contribution in [1.82, 2.24) is 19.3 Å². The van der Waals surface area contributed by atoms with E-state index < -0.39 is 6.10 Å². The van der Waals surface area contributed by atoms with Crippen molar-refractivity contribution in [2.24, 2.45) is 10.9 Å². The van der Waals surface area contributed by atoms with Gasteiger partial charge in [0.1, 0.15) is 12.9 Å². The number of hydrogen-bond donors (Lipinski definition) is 1. The Kier molecular flexibility index (Phi) is 4.60. The van der Waals surface area contributed by atoms with Crippen LogP contribution in [0.3, 0.4) is 0 Å². The number of aromatic nitrogens is 4. The lowest BCUT2D eigenvalue weighted by atomic mass is 10.0. The second kappa shape index (κ2) is 7.21. The Hall–Kier alpha value is -3.18. The number of aliphatic hydroxyl groups excluding tert-OH is 1. The first-order chi connectivity index (χ1) is 13.2. The van der Waals surface area contributed by atoms with Gasteiger partial charge >= 0.3 is 0 Å². The Bertz CT molecular complexity index is 1040. The Morgan fingerprint density at radius 1 is 1.37 bits per heavy atom. The molecule has 27 heavy (non-hydrogen) atoms. The van der Waals surface area contributed by atoms with Crippen LogP contribution in [-0.2, 0) is 0 Å². The summed E-state index contributed by atoms with van der Waals surface area (Å²) in [6.45, 7) is 4.35. The first kappa shape index (κ1) is 17.2. The SMILES string of the molecule is C=C1C[C@@H](n2cnc3c(=NC#N)n(OCC4C=CC=CC4)cnc32)C[C@@H]1O. The van der Waals surface area contributed by atoms with Crippen molar-refractivity contribution in [2.45, 2.75) is 31.4 Å². The van der Waals surface area contributed by atoms with E-state index >= 15 is 0 Å². The van der Waals surface area contributed by atoms with Crippen molar-refractivity contribution >= 4 is 11.2 Å². The third-order valence-corrected chi connectivity index (χ3v) is 4.98. The minimum absolute atomic E-state index is 0.0378. The molecule has 2 aromatic rings. The molecule has 0 aromatic carbocycles. The van der Waals surface area contributed by atoms with Crippen LogP contribution >= 0.6 is 0 Å². The predicted molar refractivity (Wildman–Crippen MR) is 97.9 cm³/mol. The Morgan fingerprint density at radius 3 is 2.96 bits per heavy atom. The molecule has 2 aliphatic rings. The molecule has 0 radical (unpaired) electrons. The monoisotopic (exact) mass is 364 g/mol. The van der Waals surface area contributed by atoms with Gasteiger partial charge in [-0.1, -0.05) is 30.9 Å². The van der Waals surface area contributed by atoms with E-state index in [1.54, 1.807) is 6.33 Å². The summed E-state index contributed by atoms with van der Waals surface area (Å²) in [4.78, 5) is 18.6. The van der Waals surface area contributed by atoms with E-state index in [0.717, 1.165) is 12.0 Å². The molecular formula is C19H20N6O2. The van der Waals surface area contributed by atoms with Crippen molar-refractivity contribution in [1.29, 1.82) is 5.26 Å². The second-order valence-corrected chi connectivity index (χ2v) is 6.80. The molecule has 2 aromatic heterocycles. The summed E-state index contributed by atoms with van der Waals surface area (Å²) < 4.78 is 3.31. The maximum Gasteiger partial charge on any atom is 0.211 e. The average molecular weight is 364 g/mol. The zero-order valence-corrected chi connectivity index (χ0v) is 14.8. The lowest BCUT2D eigenvalue weighted by Crippen LogP contribution is -2.31. The zero-order chi connectivity index (χ0) is 18.8. The van der Waals surface area contributed by atoms with Crippen LogP contribution in [0.4, 0.5) is 0 Å². The van der Waals surface area contributed by atoms with Crippen LogP contribution < -0.4 is 10.3 Å². The third-order valence-electron chi connectivity index (χ3n) is 4.98. The third kappa shape index (κ3) is 3.29. The van der Waals surface area contributed by atoms with Gasteiger partial charge in [0.05, 0.1) is 12.4 Å². The van der Waals surface area contributed by atoms with E-state index in [0.29, 0.717) is 36.1 Å². The van der Waals surface area contributed by atoms with Gasteiger partial charge in [-0.05, 0) is 24.8 Å². The fraction of sp³-hybridized carbons (Fsp3) is 0.368. The standard InChI is InChI=1S/C19H20N6O2/c1-13-7-15(8-16(13)26)24-11-22-17-18(24)23-12-25(19(17)21-10-20)27-9-14-5-3-2-4-6-14/h2-5,11-12,14-16,26H,1,6-9H2/t14?,15-,16+/m1/s1. The van der Waals surface area contributed by atoms with Crippen molar-refractivity contribution in [3.8, 4) is 6.19 Å². The highest BCUT2D eigenvalue weighted by Crippen LogP contribution is 2.34. The molecular weight excluding hydrogens is 344 g/mol. The van der Waals surface area contributed by atoms with Gasteiger partial charge in [-0.25, -0.2) is 9.97 Å². The molecule has 138 valence electrons. The number of allylic oxidation sites excluding steroid dienone is 3. The molecule has 1 saturated carbocycles. The number of hydrogen-bond acceptors (Lipinski definition) is 6. The Morgan fingerprint density at radius 2 is 2.26 bits per heavy atom. The number of aliphatic hydroxyl groups is 1. The Balaban J connectivity index is 1.66. The zero-order valence-electron chi connectivity index (χ0n) is 14.8. The molecule has 1 unspecified atom stereocenters. The van der Waals surface area contributed by atoms with E-state index in [-0.39, 0.29) is 12.0 Å². The molecule has 0 saturated heterocycles. The number of nitrogens with zero attached hydrogens (tertiary/aromatic N) is 6. The second-order valence-electron chi connectivity index (χ2n) is 6.80. The normalized spacial score (nSPS) is 25.3. The highest BCUT2D eigenvalue weighted by atomic mass is 16.7. The lowest BCUT2D eigenvalue weighted by Gasteiger charge is -2.16. The minimum Gasteiger partial charge on any atom is -0.410 e. The number of rotatable bonds is 4. The molecule has 0 bridgehead atoms. The topological polar surface area (TPSA) is 101 Å². The Labute approximate surface area is 156 Å². The summed E-state index contributed by atoms with van der Waals surface area (Å²) in [5.74, 6) is 0.261. The fourth-order valence-electron chi connectivity index (χ4n) is 3.51. The van der Waals surface area contributed by atoms with Crippen molar-refractivity contribution < 1.29 is 9.94 Å². The summed E-state index contributed by atoms with van der Waals surface area (Å²) in [6, 6.07) is 0.0378. The molecule has 4 rings (SSSR count). The van der Waals surface area contributed by atoms with Gasteiger partial charge in [-0.3, -0.25) is 0 Å². The molecule has 2 aliphatic carbocycles. The van der Waals surface area contributed by atoms with Gasteiger partial charge in [-0.15, -0.1) is 4.99 Å². The van der Waals surface area contributed by atoms with E-state index in [9.17, 15) is 5.11 Å². The van der Waals surface area contributed by atoms with Gasteiger partial charge in [-0.2, -0.15) is 9.99 Å². The first-order valence-corrected chi connectivity index (χ1v) is 8.86. The van der Waals surface area contributed by atoms with Crippen LogP contribution in [-0.4, -0.2) is 37.1 Å². The van der Waals surface area contributed by atoms with Gasteiger partial charge in [0.25, 0.3) is 0 Å². The molecule has 1 fully saturated rings. The predicted octanol–water partition coefficient (Wildman–Crippen LogP) is 1.43. The number of fused-ring (bicyclic) bond motifs is 1. The highest BCUT2D eigenvalue weighted by molar-refractivity contribution is 5.69. The van der Waals surface area contributed by atoms with Gasteiger partial charge in [0.15, 0.2) is 11.2 Å². The van der Waals surface area contributed by atoms with Crippen LogP contribution in [0.1, 0.15) is 25.3 Å². The molecule has 3 atom stereocenters. The van der Waals surface area contributed by atoms with E-state index in [1.165, 1.54) is 11.1 Å². The van der Waals surface area contributed by atoms with Crippen LogP contribution in [0.2, 0.25) is 0 Å². The summed E-state index contributed by atoms with van der Waals surface area (Å²) >= 11 is 0. The number of imidazole rings is 1.